The first-order valence-corrected chi connectivity index (χ1v) is 5.97. The van der Waals surface area contributed by atoms with Gasteiger partial charge in [-0.2, -0.15) is 0 Å². The average Bonchev–Trinajstić information content (AvgIpc) is 2.41. The molecule has 2 aromatic rings. The van der Waals surface area contributed by atoms with Gasteiger partial charge < -0.3 is 5.11 Å². The van der Waals surface area contributed by atoms with E-state index in [1.807, 2.05) is 0 Å². The zero-order valence-electron chi connectivity index (χ0n) is 10.1. The molecule has 1 aromatic heterocycles. The summed E-state index contributed by atoms with van der Waals surface area (Å²) in [6.07, 6.45) is -1.93. The van der Waals surface area contributed by atoms with Crippen LogP contribution in [-0.4, -0.2) is 21.0 Å². The van der Waals surface area contributed by atoms with Gasteiger partial charge >= 0.3 is 5.97 Å². The largest absolute Gasteiger partial charge is 0.478 e. The maximum atomic E-state index is 12.8. The summed E-state index contributed by atoms with van der Waals surface area (Å²) < 4.78 is 25.6. The fourth-order valence-electron chi connectivity index (χ4n) is 1.66. The highest BCUT2D eigenvalue weighted by atomic mass is 35.5. The Hall–Kier alpha value is -2.08. The molecule has 0 amide bonds. The average molecular weight is 299 g/mol. The molecule has 2 rings (SSSR count). The van der Waals surface area contributed by atoms with Crippen LogP contribution in [0, 0.1) is 0 Å². The van der Waals surface area contributed by atoms with Crippen LogP contribution >= 0.6 is 11.6 Å². The topological polar surface area (TPSA) is 63.1 Å². The first kappa shape index (κ1) is 14.3. The molecule has 0 saturated heterocycles. The minimum absolute atomic E-state index is 0.0957. The van der Waals surface area contributed by atoms with E-state index in [4.69, 9.17) is 16.7 Å². The number of hydrogen-bond donors (Lipinski definition) is 1. The molecule has 0 radical (unpaired) electrons. The Morgan fingerprint density at radius 2 is 2.05 bits per heavy atom. The van der Waals surface area contributed by atoms with Gasteiger partial charge in [0.1, 0.15) is 17.1 Å². The normalized spacial score (nSPS) is 10.8. The molecule has 0 aliphatic rings. The van der Waals surface area contributed by atoms with Crippen LogP contribution < -0.4 is 0 Å². The second kappa shape index (κ2) is 5.92. The van der Waals surface area contributed by atoms with E-state index in [0.29, 0.717) is 10.6 Å². The van der Waals surface area contributed by atoms with Gasteiger partial charge in [-0.25, -0.2) is 23.5 Å². The fourth-order valence-corrected chi connectivity index (χ4v) is 1.86. The lowest BCUT2D eigenvalue weighted by Crippen LogP contribution is -2.10. The Kier molecular flexibility index (Phi) is 4.24. The first-order valence-electron chi connectivity index (χ1n) is 5.59. The van der Waals surface area contributed by atoms with E-state index in [1.165, 1.54) is 0 Å². The standard InChI is InChI=1S/C13H9ClF2N2O2/c14-9-4-2-1-3-7(9)5-10-17-6-8(13(19)20)11(18-10)12(15)16/h1-4,6,12H,5H2,(H,19,20). The molecule has 1 heterocycles. The van der Waals surface area contributed by atoms with E-state index in [9.17, 15) is 13.6 Å². The highest BCUT2D eigenvalue weighted by Crippen LogP contribution is 2.22. The van der Waals surface area contributed by atoms with Crippen LogP contribution in [0.25, 0.3) is 0 Å². The van der Waals surface area contributed by atoms with Crippen molar-refractivity contribution in [2.75, 3.05) is 0 Å². The Balaban J connectivity index is 2.37. The van der Waals surface area contributed by atoms with Crippen molar-refractivity contribution in [1.29, 1.82) is 0 Å². The predicted molar refractivity (Wildman–Crippen MR) is 68.2 cm³/mol. The Morgan fingerprint density at radius 3 is 2.65 bits per heavy atom. The maximum Gasteiger partial charge on any atom is 0.339 e. The van der Waals surface area contributed by atoms with Gasteiger partial charge in [-0.1, -0.05) is 29.8 Å². The molecule has 1 N–H and O–H groups in total. The third-order valence-corrected chi connectivity index (χ3v) is 2.98. The van der Waals surface area contributed by atoms with Gasteiger partial charge in [0.15, 0.2) is 0 Å². The summed E-state index contributed by atoms with van der Waals surface area (Å²) in [5.74, 6) is -1.39. The molecule has 0 aliphatic carbocycles. The van der Waals surface area contributed by atoms with Crippen LogP contribution in [0.5, 0.6) is 0 Å². The van der Waals surface area contributed by atoms with E-state index in [1.54, 1.807) is 24.3 Å². The number of carboxylic acids is 1. The zero-order chi connectivity index (χ0) is 14.7. The van der Waals surface area contributed by atoms with E-state index < -0.39 is 23.7 Å². The molecular weight excluding hydrogens is 290 g/mol. The number of halogens is 3. The summed E-state index contributed by atoms with van der Waals surface area (Å²) in [5.41, 5.74) is -0.699. The second-order valence-corrected chi connectivity index (χ2v) is 4.37. The molecule has 104 valence electrons. The third kappa shape index (κ3) is 3.08. The first-order chi connectivity index (χ1) is 9.49. The third-order valence-electron chi connectivity index (χ3n) is 2.61. The Morgan fingerprint density at radius 1 is 1.35 bits per heavy atom. The second-order valence-electron chi connectivity index (χ2n) is 3.96. The number of aromatic carboxylic acids is 1. The molecule has 0 bridgehead atoms. The van der Waals surface area contributed by atoms with Crippen molar-refractivity contribution in [3.8, 4) is 0 Å². The van der Waals surface area contributed by atoms with Crippen molar-refractivity contribution in [2.24, 2.45) is 0 Å². The summed E-state index contributed by atoms with van der Waals surface area (Å²) in [7, 11) is 0. The summed E-state index contributed by atoms with van der Waals surface area (Å²) >= 11 is 5.96. The number of rotatable bonds is 4. The highest BCUT2D eigenvalue weighted by molar-refractivity contribution is 6.31. The van der Waals surface area contributed by atoms with Gasteiger partial charge in [-0.05, 0) is 11.6 Å². The van der Waals surface area contributed by atoms with Gasteiger partial charge in [0.25, 0.3) is 6.43 Å². The van der Waals surface area contributed by atoms with Gasteiger partial charge in [0, 0.05) is 17.6 Å². The maximum absolute atomic E-state index is 12.8. The highest BCUT2D eigenvalue weighted by Gasteiger charge is 2.21. The van der Waals surface area contributed by atoms with Crippen molar-refractivity contribution in [3.05, 3.63) is 58.1 Å². The number of benzene rings is 1. The van der Waals surface area contributed by atoms with Gasteiger partial charge in [-0.3, -0.25) is 0 Å². The van der Waals surface area contributed by atoms with Gasteiger partial charge in [-0.15, -0.1) is 0 Å². The molecule has 4 nitrogen and oxygen atoms in total. The molecule has 0 saturated carbocycles. The summed E-state index contributed by atoms with van der Waals surface area (Å²) in [4.78, 5) is 18.2. The number of alkyl halides is 2. The number of carboxylic acid groups (broad SMARTS) is 1. The van der Waals surface area contributed by atoms with Crippen LogP contribution in [0.15, 0.2) is 30.5 Å². The van der Waals surface area contributed by atoms with Crippen LogP contribution in [0.3, 0.4) is 0 Å². The van der Waals surface area contributed by atoms with Crippen molar-refractivity contribution < 1.29 is 18.7 Å². The Bertz CT molecular complexity index is 650. The molecule has 0 fully saturated rings. The number of hydrogen-bond acceptors (Lipinski definition) is 3. The molecule has 0 spiro atoms. The molecule has 7 heteroatoms. The van der Waals surface area contributed by atoms with Crippen molar-refractivity contribution in [3.63, 3.8) is 0 Å². The molecule has 1 aromatic carbocycles. The lowest BCUT2D eigenvalue weighted by molar-refractivity contribution is 0.0681. The van der Waals surface area contributed by atoms with E-state index in [0.717, 1.165) is 6.20 Å². The molecular formula is C13H9ClF2N2O2. The van der Waals surface area contributed by atoms with Crippen LogP contribution in [0.4, 0.5) is 8.78 Å². The van der Waals surface area contributed by atoms with Crippen LogP contribution in [0.2, 0.25) is 5.02 Å². The molecule has 0 unspecified atom stereocenters. The Labute approximate surface area is 118 Å². The van der Waals surface area contributed by atoms with E-state index in [2.05, 4.69) is 9.97 Å². The van der Waals surface area contributed by atoms with Crippen molar-refractivity contribution >= 4 is 17.6 Å². The van der Waals surface area contributed by atoms with Crippen molar-refractivity contribution in [2.45, 2.75) is 12.8 Å². The lowest BCUT2D eigenvalue weighted by atomic mass is 10.1. The summed E-state index contributed by atoms with van der Waals surface area (Å²) in [6, 6.07) is 6.88. The quantitative estimate of drug-likeness (QED) is 0.940. The summed E-state index contributed by atoms with van der Waals surface area (Å²) in [5, 5.41) is 9.27. The molecule has 0 aliphatic heterocycles. The predicted octanol–water partition coefficient (Wildman–Crippen LogP) is 3.36. The monoisotopic (exact) mass is 298 g/mol. The molecule has 20 heavy (non-hydrogen) atoms. The smallest absolute Gasteiger partial charge is 0.339 e. The van der Waals surface area contributed by atoms with Crippen LogP contribution in [-0.2, 0) is 6.42 Å². The fraction of sp³-hybridized carbons (Fsp3) is 0.154. The number of aromatic nitrogens is 2. The van der Waals surface area contributed by atoms with E-state index >= 15 is 0 Å². The van der Waals surface area contributed by atoms with Crippen LogP contribution in [0.1, 0.15) is 33.9 Å². The van der Waals surface area contributed by atoms with Crippen molar-refractivity contribution in [1.82, 2.24) is 9.97 Å². The SMILES string of the molecule is O=C(O)c1cnc(Cc2ccccc2Cl)nc1C(F)F. The zero-order valence-corrected chi connectivity index (χ0v) is 10.8. The van der Waals surface area contributed by atoms with Gasteiger partial charge in [0.05, 0.1) is 0 Å². The number of nitrogens with zero attached hydrogens (tertiary/aromatic N) is 2. The summed E-state index contributed by atoms with van der Waals surface area (Å²) in [6.45, 7) is 0. The lowest BCUT2D eigenvalue weighted by Gasteiger charge is -2.07. The minimum atomic E-state index is -2.98. The molecule has 0 atom stereocenters. The number of carbonyl (C=O) groups is 1. The minimum Gasteiger partial charge on any atom is -0.478 e. The van der Waals surface area contributed by atoms with Gasteiger partial charge in [0.2, 0.25) is 0 Å². The van der Waals surface area contributed by atoms with E-state index in [-0.39, 0.29) is 12.2 Å².